The molecule has 2 amide bonds. The van der Waals surface area contributed by atoms with E-state index < -0.39 is 0 Å². The summed E-state index contributed by atoms with van der Waals surface area (Å²) in [5.74, 6) is 1.05. The number of fused-ring (bicyclic) bond motifs is 3. The van der Waals surface area contributed by atoms with Crippen molar-refractivity contribution < 1.29 is 9.59 Å². The van der Waals surface area contributed by atoms with Crippen LogP contribution in [0.3, 0.4) is 0 Å². The van der Waals surface area contributed by atoms with Crippen LogP contribution < -0.4 is 11.1 Å². The third-order valence-corrected chi connectivity index (χ3v) is 9.11. The molecule has 3 fully saturated rings. The summed E-state index contributed by atoms with van der Waals surface area (Å²) in [6.45, 7) is 5.71. The number of nitrogens with two attached hydrogens (primary N) is 1. The number of amides is 2. The zero-order valence-electron chi connectivity index (χ0n) is 24.7. The molecule has 1 aliphatic carbocycles. The Bertz CT molecular complexity index is 1700. The molecule has 0 radical (unpaired) electrons. The standard InChI is InChI=1S/C32H36N10O2/c1-39-13-15-40(16-14-39)12-4-6-27(43)41-19-21-17-24(41)25(18-21)42-31-28(30(33)35-20-36-31)29(38-42)22-7-9-23(10-8-22)32(44)37-26-5-2-3-11-34-26/h2-11,20-21,24-25H,12-19H2,1H3,(H2,33,35,36)(H,34,37,44)/b6-4+. The predicted molar refractivity (Wildman–Crippen MR) is 168 cm³/mol. The number of rotatable bonds is 7. The second-order valence-corrected chi connectivity index (χ2v) is 12.0. The van der Waals surface area contributed by atoms with Crippen molar-refractivity contribution in [1.29, 1.82) is 0 Å². The number of nitrogens with one attached hydrogen (secondary N) is 1. The topological polar surface area (TPSA) is 138 Å². The summed E-state index contributed by atoms with van der Waals surface area (Å²) in [5, 5.41) is 8.52. The molecule has 1 aromatic carbocycles. The van der Waals surface area contributed by atoms with E-state index in [1.165, 1.54) is 6.33 Å². The first-order valence-electron chi connectivity index (χ1n) is 15.1. The third-order valence-electron chi connectivity index (χ3n) is 9.11. The molecule has 0 spiro atoms. The Kier molecular flexibility index (Phi) is 7.52. The number of nitrogen functional groups attached to an aromatic ring is 1. The van der Waals surface area contributed by atoms with Gasteiger partial charge in [-0.25, -0.2) is 19.6 Å². The van der Waals surface area contributed by atoms with E-state index >= 15 is 0 Å². The van der Waals surface area contributed by atoms with Crippen LogP contribution in [0.5, 0.6) is 0 Å². The molecule has 7 rings (SSSR count). The molecular formula is C32H36N10O2. The van der Waals surface area contributed by atoms with E-state index in [1.54, 1.807) is 36.5 Å². The van der Waals surface area contributed by atoms with E-state index in [0.717, 1.165) is 57.7 Å². The Morgan fingerprint density at radius 2 is 1.80 bits per heavy atom. The number of carbonyl (C=O) groups is 2. The van der Waals surface area contributed by atoms with Gasteiger partial charge in [0.05, 0.1) is 17.5 Å². The number of hydrogen-bond donors (Lipinski definition) is 2. The normalized spacial score (nSPS) is 22.3. The first-order chi connectivity index (χ1) is 21.4. The minimum absolute atomic E-state index is 0.0160. The first kappa shape index (κ1) is 28.1. The van der Waals surface area contributed by atoms with Crippen molar-refractivity contribution in [3.63, 3.8) is 0 Å². The van der Waals surface area contributed by atoms with Gasteiger partial charge in [-0.1, -0.05) is 24.3 Å². The van der Waals surface area contributed by atoms with Crippen LogP contribution >= 0.6 is 0 Å². The average molecular weight is 593 g/mol. The number of nitrogens with zero attached hydrogens (tertiary/aromatic N) is 8. The van der Waals surface area contributed by atoms with Crippen molar-refractivity contribution in [2.24, 2.45) is 5.92 Å². The lowest BCUT2D eigenvalue weighted by molar-refractivity contribution is -0.128. The van der Waals surface area contributed by atoms with Crippen LogP contribution in [0, 0.1) is 5.92 Å². The molecule has 4 aromatic rings. The van der Waals surface area contributed by atoms with Crippen molar-refractivity contribution in [1.82, 2.24) is 39.4 Å². The molecule has 3 aliphatic rings. The highest BCUT2D eigenvalue weighted by molar-refractivity contribution is 6.04. The van der Waals surface area contributed by atoms with E-state index in [9.17, 15) is 9.59 Å². The van der Waals surface area contributed by atoms with Crippen molar-refractivity contribution in [2.75, 3.05) is 57.4 Å². The van der Waals surface area contributed by atoms with E-state index in [0.29, 0.717) is 39.8 Å². The second-order valence-electron chi connectivity index (χ2n) is 12.0. The number of piperazine rings is 1. The van der Waals surface area contributed by atoms with Gasteiger partial charge in [0, 0.05) is 62.7 Å². The Balaban J connectivity index is 1.11. The van der Waals surface area contributed by atoms with Crippen molar-refractivity contribution in [2.45, 2.75) is 24.9 Å². The van der Waals surface area contributed by atoms with E-state index in [-0.39, 0.29) is 23.9 Å². The maximum absolute atomic E-state index is 13.4. The number of piperidine rings is 1. The van der Waals surface area contributed by atoms with Gasteiger partial charge < -0.3 is 20.9 Å². The smallest absolute Gasteiger partial charge is 0.256 e. The van der Waals surface area contributed by atoms with Gasteiger partial charge in [-0.15, -0.1) is 0 Å². The van der Waals surface area contributed by atoms with Gasteiger partial charge in [0.25, 0.3) is 5.91 Å². The van der Waals surface area contributed by atoms with Crippen LogP contribution in [0.1, 0.15) is 29.2 Å². The van der Waals surface area contributed by atoms with Gasteiger partial charge in [0.15, 0.2) is 5.65 Å². The fourth-order valence-corrected chi connectivity index (χ4v) is 6.77. The highest BCUT2D eigenvalue weighted by Gasteiger charge is 2.48. The zero-order valence-corrected chi connectivity index (χ0v) is 24.7. The largest absolute Gasteiger partial charge is 0.383 e. The van der Waals surface area contributed by atoms with E-state index in [1.807, 2.05) is 33.9 Å². The summed E-state index contributed by atoms with van der Waals surface area (Å²) < 4.78 is 1.95. The Morgan fingerprint density at radius 3 is 2.55 bits per heavy atom. The van der Waals surface area contributed by atoms with E-state index in [4.69, 9.17) is 10.8 Å². The van der Waals surface area contributed by atoms with Crippen LogP contribution in [0.25, 0.3) is 22.3 Å². The highest BCUT2D eigenvalue weighted by Crippen LogP contribution is 2.46. The van der Waals surface area contributed by atoms with Crippen LogP contribution in [0.15, 0.2) is 67.1 Å². The summed E-state index contributed by atoms with van der Waals surface area (Å²) >= 11 is 0. The summed E-state index contributed by atoms with van der Waals surface area (Å²) in [7, 11) is 2.14. The highest BCUT2D eigenvalue weighted by atomic mass is 16.2. The Morgan fingerprint density at radius 1 is 1.00 bits per heavy atom. The lowest BCUT2D eigenvalue weighted by atomic mass is 10.1. The molecule has 2 bridgehead atoms. The number of anilines is 2. The monoisotopic (exact) mass is 592 g/mol. The lowest BCUT2D eigenvalue weighted by Crippen LogP contribution is -2.44. The number of benzene rings is 1. The second kappa shape index (κ2) is 11.8. The molecule has 5 heterocycles. The minimum Gasteiger partial charge on any atom is -0.383 e. The molecule has 44 heavy (non-hydrogen) atoms. The molecular weight excluding hydrogens is 556 g/mol. The maximum atomic E-state index is 13.4. The van der Waals surface area contributed by atoms with Crippen molar-refractivity contribution in [3.05, 3.63) is 72.7 Å². The minimum atomic E-state index is -0.252. The van der Waals surface area contributed by atoms with Crippen molar-refractivity contribution >= 4 is 34.5 Å². The van der Waals surface area contributed by atoms with Crippen LogP contribution in [-0.4, -0.2) is 104 Å². The quantitative estimate of drug-likeness (QED) is 0.310. The average Bonchev–Trinajstić information content (AvgIpc) is 3.76. The molecule has 3 atom stereocenters. The van der Waals surface area contributed by atoms with Crippen LogP contribution in [0.2, 0.25) is 0 Å². The van der Waals surface area contributed by atoms with Crippen LogP contribution in [0.4, 0.5) is 11.6 Å². The molecule has 3 aromatic heterocycles. The maximum Gasteiger partial charge on any atom is 0.256 e. The zero-order chi connectivity index (χ0) is 30.2. The number of pyridine rings is 1. The summed E-state index contributed by atoms with van der Waals surface area (Å²) in [6.07, 6.45) is 8.71. The third kappa shape index (κ3) is 5.42. The summed E-state index contributed by atoms with van der Waals surface area (Å²) in [4.78, 5) is 45.8. The predicted octanol–water partition coefficient (Wildman–Crippen LogP) is 2.69. The van der Waals surface area contributed by atoms with Gasteiger partial charge in [-0.3, -0.25) is 14.5 Å². The van der Waals surface area contributed by atoms with Crippen LogP contribution in [-0.2, 0) is 4.79 Å². The Hall–Kier alpha value is -4.68. The molecule has 3 unspecified atom stereocenters. The van der Waals surface area contributed by atoms with Gasteiger partial charge in [0.2, 0.25) is 5.91 Å². The SMILES string of the molecule is CN1CCN(C/C=C/C(=O)N2CC3CC2C(n2nc(-c4ccc(C(=O)Nc5ccccn5)cc4)c4c(N)ncnc42)C3)CC1. The van der Waals surface area contributed by atoms with E-state index in [2.05, 4.69) is 37.1 Å². The first-order valence-corrected chi connectivity index (χ1v) is 15.1. The van der Waals surface area contributed by atoms with Crippen molar-refractivity contribution in [3.8, 4) is 11.3 Å². The Labute approximate surface area is 255 Å². The molecule has 226 valence electrons. The molecule has 2 saturated heterocycles. The fourth-order valence-electron chi connectivity index (χ4n) is 6.77. The fraction of sp³-hybridized carbons (Fsp3) is 0.375. The number of aromatic nitrogens is 5. The molecule has 2 aliphatic heterocycles. The van der Waals surface area contributed by atoms with Gasteiger partial charge in [-0.05, 0) is 50.1 Å². The number of likely N-dealkylation sites (N-methyl/N-ethyl adjacent to an activating group) is 1. The molecule has 3 N–H and O–H groups in total. The molecule has 12 nitrogen and oxygen atoms in total. The number of carbonyl (C=O) groups excluding carboxylic acids is 2. The summed E-state index contributed by atoms with van der Waals surface area (Å²) in [6, 6.07) is 12.6. The summed E-state index contributed by atoms with van der Waals surface area (Å²) in [5.41, 5.74) is 8.99. The van der Waals surface area contributed by atoms with Gasteiger partial charge in [-0.2, -0.15) is 5.10 Å². The van der Waals surface area contributed by atoms with Gasteiger partial charge in [0.1, 0.15) is 23.7 Å². The number of likely N-dealkylation sites (tertiary alicyclic amines) is 1. The lowest BCUT2D eigenvalue weighted by Gasteiger charge is -2.33. The van der Waals surface area contributed by atoms with Gasteiger partial charge >= 0.3 is 0 Å². The number of hydrogen-bond acceptors (Lipinski definition) is 9. The molecule has 12 heteroatoms. The molecule has 1 saturated carbocycles.